The first-order valence-electron chi connectivity index (χ1n) is 5.96. The second kappa shape index (κ2) is 5.68. The Morgan fingerprint density at radius 3 is 2.76 bits per heavy atom. The number of anilines is 1. The van der Waals surface area contributed by atoms with Gasteiger partial charge in [0.1, 0.15) is 0 Å². The molecule has 17 heavy (non-hydrogen) atoms. The van der Waals surface area contributed by atoms with Gasteiger partial charge >= 0.3 is 0 Å². The van der Waals surface area contributed by atoms with Crippen molar-refractivity contribution in [2.75, 3.05) is 18.5 Å². The predicted octanol–water partition coefficient (Wildman–Crippen LogP) is 1.31. The molecule has 0 atom stereocenters. The topological polar surface area (TPSA) is 64.4 Å². The van der Waals surface area contributed by atoms with Gasteiger partial charge in [0.25, 0.3) is 0 Å². The lowest BCUT2D eigenvalue weighted by molar-refractivity contribution is -0.117. The van der Waals surface area contributed by atoms with Gasteiger partial charge in [-0.15, -0.1) is 0 Å². The summed E-state index contributed by atoms with van der Waals surface area (Å²) >= 11 is 0. The smallest absolute Gasteiger partial charge is 0.221 e. The van der Waals surface area contributed by atoms with Gasteiger partial charge in [-0.1, -0.05) is 18.2 Å². The van der Waals surface area contributed by atoms with E-state index in [1.54, 1.807) is 0 Å². The summed E-state index contributed by atoms with van der Waals surface area (Å²) in [5.41, 5.74) is 7.22. The van der Waals surface area contributed by atoms with Gasteiger partial charge in [0, 0.05) is 24.9 Å². The SMILES string of the molecule is NC(=O)Cc1ccccc1NC1CCOCC1. The van der Waals surface area contributed by atoms with E-state index >= 15 is 0 Å². The molecule has 1 aromatic carbocycles. The summed E-state index contributed by atoms with van der Waals surface area (Å²) in [6.07, 6.45) is 2.29. The normalized spacial score (nSPS) is 16.7. The van der Waals surface area contributed by atoms with Crippen LogP contribution in [0.2, 0.25) is 0 Å². The number of rotatable bonds is 4. The first-order valence-corrected chi connectivity index (χ1v) is 5.96. The molecule has 0 radical (unpaired) electrons. The Morgan fingerprint density at radius 1 is 1.35 bits per heavy atom. The van der Waals surface area contributed by atoms with Gasteiger partial charge in [0.2, 0.25) is 5.91 Å². The number of primary amides is 1. The Morgan fingerprint density at radius 2 is 2.06 bits per heavy atom. The van der Waals surface area contributed by atoms with Gasteiger partial charge in [-0.05, 0) is 24.5 Å². The molecule has 4 nitrogen and oxygen atoms in total. The summed E-state index contributed by atoms with van der Waals surface area (Å²) in [6.45, 7) is 1.60. The minimum Gasteiger partial charge on any atom is -0.382 e. The van der Waals surface area contributed by atoms with Crippen LogP contribution in [-0.2, 0) is 16.0 Å². The van der Waals surface area contributed by atoms with Crippen LogP contribution in [0.3, 0.4) is 0 Å². The first kappa shape index (κ1) is 11.9. The van der Waals surface area contributed by atoms with Crippen LogP contribution in [0, 0.1) is 0 Å². The maximum atomic E-state index is 11.0. The summed E-state index contributed by atoms with van der Waals surface area (Å²) in [4.78, 5) is 11.0. The average Bonchev–Trinajstić information content (AvgIpc) is 2.32. The number of ether oxygens (including phenoxy) is 1. The fraction of sp³-hybridized carbons (Fsp3) is 0.462. The molecule has 0 aliphatic carbocycles. The van der Waals surface area contributed by atoms with Crippen LogP contribution in [-0.4, -0.2) is 25.2 Å². The predicted molar refractivity (Wildman–Crippen MR) is 66.8 cm³/mol. The number of hydrogen-bond acceptors (Lipinski definition) is 3. The minimum atomic E-state index is -0.300. The highest BCUT2D eigenvalue weighted by atomic mass is 16.5. The highest BCUT2D eigenvalue weighted by Crippen LogP contribution is 2.19. The molecule has 0 saturated carbocycles. The van der Waals surface area contributed by atoms with Gasteiger partial charge in [-0.25, -0.2) is 0 Å². The van der Waals surface area contributed by atoms with Crippen LogP contribution in [0.1, 0.15) is 18.4 Å². The molecule has 0 spiro atoms. The van der Waals surface area contributed by atoms with Gasteiger partial charge < -0.3 is 15.8 Å². The molecule has 1 aliphatic rings. The van der Waals surface area contributed by atoms with Crippen molar-refractivity contribution in [1.82, 2.24) is 0 Å². The number of carbonyl (C=O) groups excluding carboxylic acids is 1. The van der Waals surface area contributed by atoms with E-state index in [4.69, 9.17) is 10.5 Å². The largest absolute Gasteiger partial charge is 0.382 e. The maximum absolute atomic E-state index is 11.0. The van der Waals surface area contributed by atoms with Crippen LogP contribution in [0.5, 0.6) is 0 Å². The van der Waals surface area contributed by atoms with Gasteiger partial charge in [0.05, 0.1) is 6.42 Å². The lowest BCUT2D eigenvalue weighted by atomic mass is 10.1. The van der Waals surface area contributed by atoms with E-state index in [2.05, 4.69) is 5.32 Å². The molecule has 4 heteroatoms. The Kier molecular flexibility index (Phi) is 3.98. The standard InChI is InChI=1S/C13H18N2O2/c14-13(16)9-10-3-1-2-4-12(10)15-11-5-7-17-8-6-11/h1-4,11,15H,5-9H2,(H2,14,16). The first-order chi connectivity index (χ1) is 8.25. The highest BCUT2D eigenvalue weighted by molar-refractivity contribution is 5.78. The monoisotopic (exact) mass is 234 g/mol. The third-order valence-electron chi connectivity index (χ3n) is 2.96. The van der Waals surface area contributed by atoms with Crippen LogP contribution < -0.4 is 11.1 Å². The number of para-hydroxylation sites is 1. The number of nitrogens with two attached hydrogens (primary N) is 1. The molecule has 1 aromatic rings. The molecule has 92 valence electrons. The van der Waals surface area contributed by atoms with E-state index in [0.29, 0.717) is 6.04 Å². The van der Waals surface area contributed by atoms with Gasteiger partial charge in [-0.2, -0.15) is 0 Å². The molecule has 1 heterocycles. The Bertz CT molecular complexity index is 387. The molecule has 0 unspecified atom stereocenters. The molecule has 3 N–H and O–H groups in total. The summed E-state index contributed by atoms with van der Waals surface area (Å²) in [7, 11) is 0. The van der Waals surface area contributed by atoms with Gasteiger partial charge in [0.15, 0.2) is 0 Å². The summed E-state index contributed by atoms with van der Waals surface area (Å²) in [5, 5.41) is 3.47. The van der Waals surface area contributed by atoms with E-state index in [-0.39, 0.29) is 12.3 Å². The van der Waals surface area contributed by atoms with Crippen molar-refractivity contribution in [3.8, 4) is 0 Å². The lowest BCUT2D eigenvalue weighted by Gasteiger charge is -2.25. The Labute approximate surface area is 101 Å². The molecule has 1 saturated heterocycles. The molecule has 2 rings (SSSR count). The van der Waals surface area contributed by atoms with Crippen molar-refractivity contribution in [3.05, 3.63) is 29.8 Å². The molecular formula is C13H18N2O2. The van der Waals surface area contributed by atoms with Crippen LogP contribution in [0.25, 0.3) is 0 Å². The van der Waals surface area contributed by atoms with E-state index in [1.807, 2.05) is 24.3 Å². The van der Waals surface area contributed by atoms with Crippen molar-refractivity contribution >= 4 is 11.6 Å². The summed E-state index contributed by atoms with van der Waals surface area (Å²) < 4.78 is 5.32. The number of amides is 1. The van der Waals surface area contributed by atoms with E-state index in [9.17, 15) is 4.79 Å². The molecule has 0 bridgehead atoms. The summed E-state index contributed by atoms with van der Waals surface area (Å²) in [5.74, 6) is -0.300. The van der Waals surface area contributed by atoms with Crippen molar-refractivity contribution in [3.63, 3.8) is 0 Å². The Balaban J connectivity index is 2.05. The third kappa shape index (κ3) is 3.46. The molecule has 1 fully saturated rings. The van der Waals surface area contributed by atoms with E-state index < -0.39 is 0 Å². The maximum Gasteiger partial charge on any atom is 0.221 e. The fourth-order valence-electron chi connectivity index (χ4n) is 2.06. The number of benzene rings is 1. The van der Waals surface area contributed by atoms with Crippen molar-refractivity contribution < 1.29 is 9.53 Å². The minimum absolute atomic E-state index is 0.284. The van der Waals surface area contributed by atoms with Crippen LogP contribution in [0.15, 0.2) is 24.3 Å². The number of carbonyl (C=O) groups is 1. The summed E-state index contributed by atoms with van der Waals surface area (Å²) in [6, 6.07) is 8.25. The molecule has 1 aliphatic heterocycles. The van der Waals surface area contributed by atoms with Crippen LogP contribution in [0.4, 0.5) is 5.69 Å². The number of nitrogens with one attached hydrogen (secondary N) is 1. The molecule has 1 amide bonds. The zero-order valence-electron chi connectivity index (χ0n) is 9.82. The fourth-order valence-corrected chi connectivity index (χ4v) is 2.06. The quantitative estimate of drug-likeness (QED) is 0.825. The highest BCUT2D eigenvalue weighted by Gasteiger charge is 2.14. The third-order valence-corrected chi connectivity index (χ3v) is 2.96. The van der Waals surface area contributed by atoms with Crippen LogP contribution >= 0.6 is 0 Å². The molecular weight excluding hydrogens is 216 g/mol. The lowest BCUT2D eigenvalue weighted by Crippen LogP contribution is -2.28. The Hall–Kier alpha value is -1.55. The molecule has 0 aromatic heterocycles. The average molecular weight is 234 g/mol. The second-order valence-electron chi connectivity index (χ2n) is 4.33. The van der Waals surface area contributed by atoms with Crippen molar-refractivity contribution in [2.45, 2.75) is 25.3 Å². The zero-order chi connectivity index (χ0) is 12.1. The van der Waals surface area contributed by atoms with Crippen molar-refractivity contribution in [1.29, 1.82) is 0 Å². The van der Waals surface area contributed by atoms with E-state index in [0.717, 1.165) is 37.3 Å². The van der Waals surface area contributed by atoms with Crippen molar-refractivity contribution in [2.24, 2.45) is 5.73 Å². The van der Waals surface area contributed by atoms with E-state index in [1.165, 1.54) is 0 Å². The zero-order valence-corrected chi connectivity index (χ0v) is 9.82. The van der Waals surface area contributed by atoms with Gasteiger partial charge in [-0.3, -0.25) is 4.79 Å². The number of hydrogen-bond donors (Lipinski definition) is 2. The second-order valence-corrected chi connectivity index (χ2v) is 4.33.